The minimum Gasteiger partial charge on any atom is -0.324 e. The van der Waals surface area contributed by atoms with Gasteiger partial charge in [-0.05, 0) is 24.3 Å². The number of halogens is 3. The Kier molecular flexibility index (Phi) is 5.95. The molecule has 0 unspecified atom stereocenters. The van der Waals surface area contributed by atoms with Gasteiger partial charge in [0.2, 0.25) is 0 Å². The van der Waals surface area contributed by atoms with Gasteiger partial charge in [-0.15, -0.1) is 35.0 Å². The van der Waals surface area contributed by atoms with Crippen LogP contribution in [0.2, 0.25) is 0 Å². The molecule has 0 aliphatic heterocycles. The van der Waals surface area contributed by atoms with Crippen LogP contribution in [0.4, 0.5) is 4.39 Å². The number of benzene rings is 1. The summed E-state index contributed by atoms with van der Waals surface area (Å²) in [4.78, 5) is 0. The van der Waals surface area contributed by atoms with E-state index in [1.165, 1.54) is 12.1 Å². The molecule has 1 aromatic heterocycles. The summed E-state index contributed by atoms with van der Waals surface area (Å²) >= 11 is 0. The zero-order chi connectivity index (χ0) is 9.97. The highest BCUT2D eigenvalue weighted by atomic mass is 35.5. The number of rotatable bonds is 2. The summed E-state index contributed by atoms with van der Waals surface area (Å²) in [6.07, 6.45) is 1.55. The van der Waals surface area contributed by atoms with E-state index in [0.717, 1.165) is 5.69 Å². The standard InChI is InChI=1S/C9H9FN4.2ClH/c10-7-1-3-8(4-2-7)14-6-12-13-9(14)5-11;;/h1-4,6H,5,11H2;2*1H. The lowest BCUT2D eigenvalue weighted by atomic mass is 10.3. The highest BCUT2D eigenvalue weighted by molar-refractivity contribution is 5.85. The topological polar surface area (TPSA) is 56.7 Å². The molecule has 4 nitrogen and oxygen atoms in total. The van der Waals surface area contributed by atoms with Crippen molar-refractivity contribution in [2.24, 2.45) is 5.73 Å². The van der Waals surface area contributed by atoms with Crippen molar-refractivity contribution in [2.45, 2.75) is 6.54 Å². The highest BCUT2D eigenvalue weighted by Gasteiger charge is 2.03. The molecule has 88 valence electrons. The fourth-order valence-corrected chi connectivity index (χ4v) is 1.22. The summed E-state index contributed by atoms with van der Waals surface area (Å²) in [5, 5.41) is 7.56. The predicted molar refractivity (Wildman–Crippen MR) is 63.7 cm³/mol. The smallest absolute Gasteiger partial charge is 0.151 e. The second-order valence-corrected chi connectivity index (χ2v) is 2.80. The van der Waals surface area contributed by atoms with Crippen molar-refractivity contribution < 1.29 is 4.39 Å². The van der Waals surface area contributed by atoms with Gasteiger partial charge in [0.1, 0.15) is 12.1 Å². The summed E-state index contributed by atoms with van der Waals surface area (Å²) < 4.78 is 14.4. The summed E-state index contributed by atoms with van der Waals surface area (Å²) in [6.45, 7) is 0.303. The molecule has 2 aromatic rings. The van der Waals surface area contributed by atoms with Gasteiger partial charge < -0.3 is 5.73 Å². The molecular weight excluding hydrogens is 254 g/mol. The number of nitrogens with two attached hydrogens (primary N) is 1. The molecule has 1 heterocycles. The molecule has 0 saturated carbocycles. The van der Waals surface area contributed by atoms with E-state index in [-0.39, 0.29) is 30.6 Å². The Bertz CT molecular complexity index is 429. The molecule has 0 aliphatic rings. The van der Waals surface area contributed by atoms with Crippen molar-refractivity contribution in [3.63, 3.8) is 0 Å². The third-order valence-electron chi connectivity index (χ3n) is 1.91. The first-order chi connectivity index (χ1) is 6.81. The molecule has 0 atom stereocenters. The van der Waals surface area contributed by atoms with Crippen LogP contribution in [0, 0.1) is 5.82 Å². The molecule has 0 aliphatic carbocycles. The fraction of sp³-hybridized carbons (Fsp3) is 0.111. The Balaban J connectivity index is 0.00000112. The van der Waals surface area contributed by atoms with E-state index in [4.69, 9.17) is 5.73 Å². The quantitative estimate of drug-likeness (QED) is 0.899. The maximum Gasteiger partial charge on any atom is 0.151 e. The van der Waals surface area contributed by atoms with Crippen molar-refractivity contribution in [3.05, 3.63) is 42.2 Å². The zero-order valence-electron chi connectivity index (χ0n) is 8.21. The third-order valence-corrected chi connectivity index (χ3v) is 1.91. The molecule has 0 radical (unpaired) electrons. The van der Waals surface area contributed by atoms with E-state index in [1.807, 2.05) is 0 Å². The van der Waals surface area contributed by atoms with E-state index in [0.29, 0.717) is 12.4 Å². The molecule has 2 rings (SSSR count). The second kappa shape index (κ2) is 6.42. The lowest BCUT2D eigenvalue weighted by molar-refractivity contribution is 0.627. The van der Waals surface area contributed by atoms with Crippen LogP contribution in [0.15, 0.2) is 30.6 Å². The monoisotopic (exact) mass is 264 g/mol. The molecule has 0 saturated heterocycles. The van der Waals surface area contributed by atoms with Crippen molar-refractivity contribution in [1.29, 1.82) is 0 Å². The Hall–Kier alpha value is -1.17. The van der Waals surface area contributed by atoms with Crippen LogP contribution in [-0.4, -0.2) is 14.8 Å². The van der Waals surface area contributed by atoms with Gasteiger partial charge >= 0.3 is 0 Å². The average Bonchev–Trinajstić information content (AvgIpc) is 2.67. The number of nitrogens with zero attached hydrogens (tertiary/aromatic N) is 3. The molecule has 1 aromatic carbocycles. The second-order valence-electron chi connectivity index (χ2n) is 2.80. The van der Waals surface area contributed by atoms with Crippen molar-refractivity contribution in [2.75, 3.05) is 0 Å². The molecular formula is C9H11Cl2FN4. The number of hydrogen-bond donors (Lipinski definition) is 1. The highest BCUT2D eigenvalue weighted by Crippen LogP contribution is 2.09. The molecule has 2 N–H and O–H groups in total. The predicted octanol–water partition coefficient (Wildman–Crippen LogP) is 1.71. The van der Waals surface area contributed by atoms with Crippen molar-refractivity contribution >= 4 is 24.8 Å². The zero-order valence-corrected chi connectivity index (χ0v) is 9.84. The van der Waals surface area contributed by atoms with E-state index < -0.39 is 0 Å². The molecule has 7 heteroatoms. The van der Waals surface area contributed by atoms with Crippen LogP contribution in [0.1, 0.15) is 5.82 Å². The van der Waals surface area contributed by atoms with Gasteiger partial charge in [-0.1, -0.05) is 0 Å². The van der Waals surface area contributed by atoms with E-state index in [9.17, 15) is 4.39 Å². The molecule has 0 bridgehead atoms. The Morgan fingerprint density at radius 1 is 1.19 bits per heavy atom. The van der Waals surface area contributed by atoms with Gasteiger partial charge in [0, 0.05) is 5.69 Å². The normalized spacial score (nSPS) is 9.12. The van der Waals surface area contributed by atoms with Crippen LogP contribution in [0.25, 0.3) is 5.69 Å². The SMILES string of the molecule is Cl.Cl.NCc1nncn1-c1ccc(F)cc1. The van der Waals surface area contributed by atoms with Crippen LogP contribution in [0.3, 0.4) is 0 Å². The third kappa shape index (κ3) is 2.91. The van der Waals surface area contributed by atoms with Crippen LogP contribution >= 0.6 is 24.8 Å². The van der Waals surface area contributed by atoms with Crippen molar-refractivity contribution in [3.8, 4) is 5.69 Å². The minimum atomic E-state index is -0.267. The van der Waals surface area contributed by atoms with Gasteiger partial charge in [-0.3, -0.25) is 4.57 Å². The Morgan fingerprint density at radius 3 is 2.38 bits per heavy atom. The summed E-state index contributed by atoms with van der Waals surface area (Å²) in [5.41, 5.74) is 6.27. The van der Waals surface area contributed by atoms with Crippen LogP contribution < -0.4 is 5.73 Å². The molecule has 0 amide bonds. The van der Waals surface area contributed by atoms with Gasteiger partial charge in [-0.25, -0.2) is 4.39 Å². The fourth-order valence-electron chi connectivity index (χ4n) is 1.22. The average molecular weight is 265 g/mol. The summed E-state index contributed by atoms with van der Waals surface area (Å²) in [7, 11) is 0. The lowest BCUT2D eigenvalue weighted by Gasteiger charge is -2.03. The number of hydrogen-bond acceptors (Lipinski definition) is 3. The van der Waals surface area contributed by atoms with Gasteiger partial charge in [0.15, 0.2) is 5.82 Å². The van der Waals surface area contributed by atoms with Crippen LogP contribution in [0.5, 0.6) is 0 Å². The Labute approximate surface area is 104 Å². The van der Waals surface area contributed by atoms with Crippen molar-refractivity contribution in [1.82, 2.24) is 14.8 Å². The maximum atomic E-state index is 12.6. The Morgan fingerprint density at radius 2 is 1.81 bits per heavy atom. The van der Waals surface area contributed by atoms with Gasteiger partial charge in [-0.2, -0.15) is 0 Å². The maximum absolute atomic E-state index is 12.6. The molecule has 16 heavy (non-hydrogen) atoms. The van der Waals surface area contributed by atoms with E-state index >= 15 is 0 Å². The first-order valence-electron chi connectivity index (χ1n) is 4.16. The lowest BCUT2D eigenvalue weighted by Crippen LogP contribution is -2.06. The van der Waals surface area contributed by atoms with Crippen LogP contribution in [-0.2, 0) is 6.54 Å². The molecule has 0 spiro atoms. The van der Waals surface area contributed by atoms with E-state index in [2.05, 4.69) is 10.2 Å². The first-order valence-corrected chi connectivity index (χ1v) is 4.16. The number of aromatic nitrogens is 3. The summed E-state index contributed by atoms with van der Waals surface area (Å²) in [6, 6.07) is 6.07. The van der Waals surface area contributed by atoms with Gasteiger partial charge in [0.05, 0.1) is 6.54 Å². The first kappa shape index (κ1) is 14.8. The largest absolute Gasteiger partial charge is 0.324 e. The summed E-state index contributed by atoms with van der Waals surface area (Å²) in [5.74, 6) is 0.382. The molecule has 0 fully saturated rings. The van der Waals surface area contributed by atoms with Gasteiger partial charge in [0.25, 0.3) is 0 Å². The van der Waals surface area contributed by atoms with E-state index in [1.54, 1.807) is 23.0 Å². The minimum absolute atomic E-state index is 0.